The Morgan fingerprint density at radius 1 is 0.882 bits per heavy atom. The van der Waals surface area contributed by atoms with E-state index in [1.807, 2.05) is 32.0 Å². The number of hydrogen-bond donors (Lipinski definition) is 0. The lowest BCUT2D eigenvalue weighted by Gasteiger charge is -2.28. The van der Waals surface area contributed by atoms with Crippen molar-refractivity contribution >= 4 is 21.6 Å². The number of benzene rings is 3. The third-order valence-electron chi connectivity index (χ3n) is 5.54. The van der Waals surface area contributed by atoms with Crippen LogP contribution in [-0.4, -0.2) is 47.0 Å². The molecule has 1 amide bonds. The molecule has 3 rings (SSSR count). The van der Waals surface area contributed by atoms with E-state index in [2.05, 4.69) is 0 Å². The fraction of sp³-hybridized carbons (Fsp3) is 0.269. The summed E-state index contributed by atoms with van der Waals surface area (Å²) in [4.78, 5) is 14.9. The van der Waals surface area contributed by atoms with Gasteiger partial charge in [-0.25, -0.2) is 8.42 Å². The first-order valence-electron chi connectivity index (χ1n) is 10.8. The number of amides is 1. The van der Waals surface area contributed by atoms with Gasteiger partial charge >= 0.3 is 0 Å². The number of likely N-dealkylation sites (N-methyl/N-ethyl adjacent to an activating group) is 1. The molecule has 0 spiro atoms. The molecule has 0 aliphatic rings. The third-order valence-corrected chi connectivity index (χ3v) is 7.31. The molecule has 0 N–H and O–H groups in total. The maximum Gasteiger partial charge on any atom is 0.264 e. The van der Waals surface area contributed by atoms with Crippen molar-refractivity contribution < 1.29 is 22.7 Å². The Kier molecular flexibility index (Phi) is 7.83. The molecule has 180 valence electrons. The van der Waals surface area contributed by atoms with Gasteiger partial charge in [-0.2, -0.15) is 0 Å². The molecule has 34 heavy (non-hydrogen) atoms. The number of rotatable bonds is 9. The summed E-state index contributed by atoms with van der Waals surface area (Å²) in [5, 5.41) is 0. The molecule has 0 radical (unpaired) electrons. The van der Waals surface area contributed by atoms with Gasteiger partial charge in [0.25, 0.3) is 10.0 Å². The molecule has 0 aliphatic heterocycles. The van der Waals surface area contributed by atoms with Crippen LogP contribution in [0.5, 0.6) is 11.5 Å². The summed E-state index contributed by atoms with van der Waals surface area (Å²) in [5.74, 6) is 0.815. The average molecular weight is 483 g/mol. The minimum atomic E-state index is -3.97. The van der Waals surface area contributed by atoms with Gasteiger partial charge in [0.15, 0.2) is 11.5 Å². The molecular formula is C26H30N2O5S. The van der Waals surface area contributed by atoms with Crippen molar-refractivity contribution in [1.29, 1.82) is 0 Å². The Morgan fingerprint density at radius 2 is 1.56 bits per heavy atom. The molecule has 0 unspecified atom stereocenters. The lowest BCUT2D eigenvalue weighted by Crippen LogP contribution is -2.41. The highest BCUT2D eigenvalue weighted by molar-refractivity contribution is 7.92. The number of aryl methyl sites for hydroxylation is 2. The van der Waals surface area contributed by atoms with Gasteiger partial charge in [-0.15, -0.1) is 0 Å². The number of sulfonamides is 1. The van der Waals surface area contributed by atoms with Gasteiger partial charge < -0.3 is 14.4 Å². The van der Waals surface area contributed by atoms with Crippen LogP contribution in [0.4, 0.5) is 5.69 Å². The predicted octanol–water partition coefficient (Wildman–Crippen LogP) is 4.17. The van der Waals surface area contributed by atoms with Crippen molar-refractivity contribution in [2.24, 2.45) is 0 Å². The fourth-order valence-corrected chi connectivity index (χ4v) is 5.08. The van der Waals surface area contributed by atoms with Crippen molar-refractivity contribution in [3.63, 3.8) is 0 Å². The zero-order chi connectivity index (χ0) is 24.9. The van der Waals surface area contributed by atoms with Crippen LogP contribution in [0, 0.1) is 13.8 Å². The van der Waals surface area contributed by atoms with Crippen molar-refractivity contribution in [3.05, 3.63) is 83.4 Å². The van der Waals surface area contributed by atoms with Gasteiger partial charge in [0.05, 0.1) is 24.8 Å². The normalized spacial score (nSPS) is 11.1. The van der Waals surface area contributed by atoms with E-state index in [0.717, 1.165) is 16.7 Å². The molecule has 0 atom stereocenters. The second kappa shape index (κ2) is 10.6. The molecule has 0 bridgehead atoms. The second-order valence-corrected chi connectivity index (χ2v) is 9.92. The van der Waals surface area contributed by atoms with Crippen molar-refractivity contribution in [1.82, 2.24) is 4.90 Å². The van der Waals surface area contributed by atoms with Crippen molar-refractivity contribution in [2.45, 2.75) is 25.3 Å². The first-order chi connectivity index (χ1) is 16.2. The zero-order valence-electron chi connectivity index (χ0n) is 20.1. The van der Waals surface area contributed by atoms with E-state index in [-0.39, 0.29) is 23.9 Å². The Balaban J connectivity index is 1.92. The average Bonchev–Trinajstić information content (AvgIpc) is 2.84. The molecule has 0 aromatic heterocycles. The van der Waals surface area contributed by atoms with Crippen molar-refractivity contribution in [2.75, 3.05) is 32.1 Å². The van der Waals surface area contributed by atoms with E-state index < -0.39 is 10.0 Å². The summed E-state index contributed by atoms with van der Waals surface area (Å²) in [6, 6.07) is 19.1. The molecule has 3 aromatic rings. The molecule has 8 heteroatoms. The Labute approximate surface area is 201 Å². The van der Waals surface area contributed by atoms with Crippen LogP contribution in [0.25, 0.3) is 0 Å². The number of anilines is 1. The molecule has 0 fully saturated rings. The highest BCUT2D eigenvalue weighted by Gasteiger charge is 2.29. The van der Waals surface area contributed by atoms with Gasteiger partial charge in [-0.05, 0) is 60.9 Å². The van der Waals surface area contributed by atoms with Gasteiger partial charge in [0.1, 0.15) is 6.54 Å². The predicted molar refractivity (Wildman–Crippen MR) is 133 cm³/mol. The zero-order valence-corrected chi connectivity index (χ0v) is 20.9. The monoisotopic (exact) mass is 482 g/mol. The minimum Gasteiger partial charge on any atom is -0.493 e. The van der Waals surface area contributed by atoms with Crippen LogP contribution in [0.2, 0.25) is 0 Å². The lowest BCUT2D eigenvalue weighted by atomic mass is 10.1. The van der Waals surface area contributed by atoms with Crippen LogP contribution in [0.3, 0.4) is 0 Å². The van der Waals surface area contributed by atoms with E-state index in [4.69, 9.17) is 9.47 Å². The van der Waals surface area contributed by atoms with Crippen molar-refractivity contribution in [3.8, 4) is 11.5 Å². The van der Waals surface area contributed by atoms with Gasteiger partial charge in [-0.3, -0.25) is 9.10 Å². The Hall–Kier alpha value is -3.52. The molecule has 0 aliphatic carbocycles. The van der Waals surface area contributed by atoms with E-state index in [0.29, 0.717) is 17.2 Å². The number of hydrogen-bond acceptors (Lipinski definition) is 5. The molecule has 0 saturated carbocycles. The number of nitrogens with zero attached hydrogens (tertiary/aromatic N) is 2. The number of ether oxygens (including phenoxy) is 2. The van der Waals surface area contributed by atoms with Gasteiger partial charge in [-0.1, -0.05) is 36.4 Å². The minimum absolute atomic E-state index is 0.131. The van der Waals surface area contributed by atoms with Gasteiger partial charge in [0.2, 0.25) is 5.91 Å². The molecule has 7 nitrogen and oxygen atoms in total. The summed E-state index contributed by atoms with van der Waals surface area (Å²) in [6.07, 6.45) is 0. The molecule has 0 heterocycles. The van der Waals surface area contributed by atoms with E-state index in [1.165, 1.54) is 21.3 Å². The summed E-state index contributed by atoms with van der Waals surface area (Å²) in [6.45, 7) is 3.68. The lowest BCUT2D eigenvalue weighted by molar-refractivity contribution is -0.128. The van der Waals surface area contributed by atoms with Gasteiger partial charge in [0, 0.05) is 13.6 Å². The summed E-state index contributed by atoms with van der Waals surface area (Å²) in [5.41, 5.74) is 2.98. The third kappa shape index (κ3) is 5.51. The first kappa shape index (κ1) is 25.1. The topological polar surface area (TPSA) is 76.2 Å². The summed E-state index contributed by atoms with van der Waals surface area (Å²) in [7, 11) is 0.789. The Morgan fingerprint density at radius 3 is 2.21 bits per heavy atom. The van der Waals surface area contributed by atoms with E-state index >= 15 is 0 Å². The largest absolute Gasteiger partial charge is 0.493 e. The van der Waals surface area contributed by atoms with Crippen LogP contribution in [-0.2, 0) is 21.4 Å². The van der Waals surface area contributed by atoms with Crippen LogP contribution in [0.1, 0.15) is 16.7 Å². The highest BCUT2D eigenvalue weighted by Crippen LogP contribution is 2.29. The van der Waals surface area contributed by atoms with Crippen LogP contribution in [0.15, 0.2) is 71.6 Å². The summed E-state index contributed by atoms with van der Waals surface area (Å²) >= 11 is 0. The molecule has 0 saturated heterocycles. The fourth-order valence-electron chi connectivity index (χ4n) is 3.59. The maximum absolute atomic E-state index is 13.6. The van der Waals surface area contributed by atoms with E-state index in [9.17, 15) is 13.2 Å². The first-order valence-corrected chi connectivity index (χ1v) is 12.2. The SMILES string of the molecule is COc1ccc(CN(C)C(=O)CN(c2cc(C)ccc2C)S(=O)(=O)c2ccccc2)cc1OC. The molecular weight excluding hydrogens is 452 g/mol. The summed E-state index contributed by atoms with van der Waals surface area (Å²) < 4.78 is 39.0. The standard InChI is InChI=1S/C26H30N2O5S/c1-19-11-12-20(2)23(15-19)28(34(30,31)22-9-7-6-8-10-22)18-26(29)27(3)17-21-13-14-24(32-4)25(16-21)33-5/h6-16H,17-18H2,1-5H3. The Bertz CT molecular complexity index is 1260. The number of carbonyl (C=O) groups excluding carboxylic acids is 1. The van der Waals surface area contributed by atoms with Crippen LogP contribution >= 0.6 is 0 Å². The number of methoxy groups -OCH3 is 2. The quantitative estimate of drug-likeness (QED) is 0.458. The molecule has 3 aromatic carbocycles. The maximum atomic E-state index is 13.6. The smallest absolute Gasteiger partial charge is 0.264 e. The highest BCUT2D eigenvalue weighted by atomic mass is 32.2. The van der Waals surface area contributed by atoms with E-state index in [1.54, 1.807) is 57.7 Å². The van der Waals surface area contributed by atoms with Crippen LogP contribution < -0.4 is 13.8 Å². The number of carbonyl (C=O) groups is 1. The second-order valence-electron chi connectivity index (χ2n) is 8.05.